The van der Waals surface area contributed by atoms with Crippen LogP contribution in [0.3, 0.4) is 0 Å². The van der Waals surface area contributed by atoms with Crippen molar-refractivity contribution >= 4 is 27.7 Å². The highest BCUT2D eigenvalue weighted by atomic mass is 16.4. The predicted molar refractivity (Wildman–Crippen MR) is 97.1 cm³/mol. The average Bonchev–Trinajstić information content (AvgIpc) is 2.61. The zero-order valence-electron chi connectivity index (χ0n) is 13.4. The molecule has 0 aliphatic heterocycles. The Morgan fingerprint density at radius 2 is 1.76 bits per heavy atom. The van der Waals surface area contributed by atoms with E-state index in [2.05, 4.69) is 0 Å². The molecule has 0 spiro atoms. The normalized spacial score (nSPS) is 11.1. The van der Waals surface area contributed by atoms with E-state index in [9.17, 15) is 14.7 Å². The summed E-state index contributed by atoms with van der Waals surface area (Å²) in [5.74, 6) is -0.655. The van der Waals surface area contributed by atoms with Crippen LogP contribution >= 0.6 is 0 Å². The molecule has 0 bridgehead atoms. The first-order valence-electron chi connectivity index (χ1n) is 7.84. The summed E-state index contributed by atoms with van der Waals surface area (Å²) >= 11 is 0. The molecule has 0 aliphatic carbocycles. The van der Waals surface area contributed by atoms with E-state index < -0.39 is 5.97 Å². The molecule has 25 heavy (non-hydrogen) atoms. The molecule has 4 rings (SSSR count). The number of fused-ring (bicyclic) bond motifs is 2. The van der Waals surface area contributed by atoms with Gasteiger partial charge in [0.1, 0.15) is 11.3 Å². The molecule has 4 nitrogen and oxygen atoms in total. The molecule has 0 saturated carbocycles. The zero-order chi connectivity index (χ0) is 17.6. The van der Waals surface area contributed by atoms with Crippen molar-refractivity contribution in [3.05, 3.63) is 82.0 Å². The van der Waals surface area contributed by atoms with Gasteiger partial charge in [-0.3, -0.25) is 4.79 Å². The fourth-order valence-electron chi connectivity index (χ4n) is 3.13. The van der Waals surface area contributed by atoms with Crippen molar-refractivity contribution in [3.63, 3.8) is 0 Å². The van der Waals surface area contributed by atoms with Crippen molar-refractivity contribution in [2.45, 2.75) is 6.92 Å². The summed E-state index contributed by atoms with van der Waals surface area (Å²) < 4.78 is 5.93. The summed E-state index contributed by atoms with van der Waals surface area (Å²) in [6, 6.07) is 17.4. The Hall–Kier alpha value is -3.40. The van der Waals surface area contributed by atoms with E-state index in [1.165, 1.54) is 6.07 Å². The molecule has 1 aromatic heterocycles. The van der Waals surface area contributed by atoms with E-state index in [1.807, 2.05) is 31.2 Å². The Kier molecular flexibility index (Phi) is 3.39. The number of carbonyl (C=O) groups is 1. The van der Waals surface area contributed by atoms with Crippen LogP contribution < -0.4 is 5.43 Å². The number of hydrogen-bond acceptors (Lipinski definition) is 3. The van der Waals surface area contributed by atoms with E-state index >= 15 is 0 Å². The lowest BCUT2D eigenvalue weighted by atomic mass is 9.97. The first-order chi connectivity index (χ1) is 12.0. The molecule has 4 aromatic rings. The minimum Gasteiger partial charge on any atom is -0.478 e. The van der Waals surface area contributed by atoms with Gasteiger partial charge in [-0.2, -0.15) is 0 Å². The van der Waals surface area contributed by atoms with Crippen molar-refractivity contribution in [3.8, 4) is 11.3 Å². The van der Waals surface area contributed by atoms with E-state index in [0.717, 1.165) is 10.9 Å². The number of hydrogen-bond donors (Lipinski definition) is 1. The van der Waals surface area contributed by atoms with Gasteiger partial charge in [0.05, 0.1) is 10.9 Å². The SMILES string of the molecule is Cc1ccc2oc(-c3cccc4cccc(C(=O)O)c34)cc(=O)c2c1. The van der Waals surface area contributed by atoms with Crippen LogP contribution in [0.2, 0.25) is 0 Å². The number of carboxylic acids is 1. The van der Waals surface area contributed by atoms with E-state index in [-0.39, 0.29) is 11.0 Å². The number of aromatic carboxylic acids is 1. The number of carboxylic acid groups (broad SMARTS) is 1. The lowest BCUT2D eigenvalue weighted by Gasteiger charge is -2.10. The summed E-state index contributed by atoms with van der Waals surface area (Å²) in [5, 5.41) is 11.4. The molecule has 0 aliphatic rings. The van der Waals surface area contributed by atoms with E-state index in [4.69, 9.17) is 4.42 Å². The van der Waals surface area contributed by atoms with E-state index in [0.29, 0.717) is 27.7 Å². The summed E-state index contributed by atoms with van der Waals surface area (Å²) in [4.78, 5) is 24.1. The molecular formula is C21H14O4. The quantitative estimate of drug-likeness (QED) is 0.582. The van der Waals surface area contributed by atoms with Crippen LogP contribution in [0.1, 0.15) is 15.9 Å². The van der Waals surface area contributed by atoms with Crippen LogP contribution in [-0.2, 0) is 0 Å². The minimum atomic E-state index is -1.02. The Morgan fingerprint density at radius 1 is 1.00 bits per heavy atom. The van der Waals surface area contributed by atoms with Crippen LogP contribution in [0, 0.1) is 6.92 Å². The molecule has 122 valence electrons. The number of aryl methyl sites for hydroxylation is 1. The predicted octanol–water partition coefficient (Wildman–Crippen LogP) is 4.62. The second-order valence-corrected chi connectivity index (χ2v) is 5.99. The highest BCUT2D eigenvalue weighted by Crippen LogP contribution is 2.32. The molecule has 0 radical (unpaired) electrons. The molecule has 0 atom stereocenters. The van der Waals surface area contributed by atoms with Gasteiger partial charge in [0.2, 0.25) is 0 Å². The molecule has 0 fully saturated rings. The van der Waals surface area contributed by atoms with Gasteiger partial charge in [-0.15, -0.1) is 0 Å². The van der Waals surface area contributed by atoms with Crippen molar-refractivity contribution < 1.29 is 14.3 Å². The topological polar surface area (TPSA) is 67.5 Å². The second-order valence-electron chi connectivity index (χ2n) is 5.99. The maximum absolute atomic E-state index is 12.5. The zero-order valence-corrected chi connectivity index (χ0v) is 13.4. The third kappa shape index (κ3) is 2.48. The molecule has 1 N–H and O–H groups in total. The van der Waals surface area contributed by atoms with Crippen molar-refractivity contribution in [2.75, 3.05) is 0 Å². The standard InChI is InChI=1S/C21H14O4/c1-12-8-9-18-16(10-12)17(22)11-19(25-18)14-6-2-4-13-5-3-7-15(20(13)14)21(23)24/h2-11H,1H3,(H,23,24). The van der Waals surface area contributed by atoms with E-state index in [1.54, 1.807) is 30.3 Å². The van der Waals surface area contributed by atoms with Gasteiger partial charge in [0.25, 0.3) is 0 Å². The van der Waals surface area contributed by atoms with Crippen molar-refractivity contribution in [1.82, 2.24) is 0 Å². The summed E-state index contributed by atoms with van der Waals surface area (Å²) in [5.41, 5.74) is 2.09. The Labute approximate surface area is 143 Å². The van der Waals surface area contributed by atoms with Gasteiger partial charge >= 0.3 is 5.97 Å². The van der Waals surface area contributed by atoms with Crippen LogP contribution in [0.4, 0.5) is 0 Å². The number of rotatable bonds is 2. The molecular weight excluding hydrogens is 316 g/mol. The lowest BCUT2D eigenvalue weighted by molar-refractivity contribution is 0.0699. The first-order valence-corrected chi connectivity index (χ1v) is 7.84. The van der Waals surface area contributed by atoms with Crippen LogP contribution in [0.15, 0.2) is 69.9 Å². The maximum Gasteiger partial charge on any atom is 0.336 e. The Morgan fingerprint density at radius 3 is 2.52 bits per heavy atom. The minimum absolute atomic E-state index is 0.148. The van der Waals surface area contributed by atoms with Crippen molar-refractivity contribution in [2.24, 2.45) is 0 Å². The highest BCUT2D eigenvalue weighted by Gasteiger charge is 2.15. The van der Waals surface area contributed by atoms with Gasteiger partial charge in [-0.05, 0) is 30.5 Å². The van der Waals surface area contributed by atoms with Gasteiger partial charge < -0.3 is 9.52 Å². The Bertz CT molecular complexity index is 1200. The molecule has 0 amide bonds. The number of benzene rings is 3. The summed E-state index contributed by atoms with van der Waals surface area (Å²) in [6.45, 7) is 1.91. The Balaban J connectivity index is 2.09. The molecule has 1 heterocycles. The first kappa shape index (κ1) is 15.1. The molecule has 4 heteroatoms. The van der Waals surface area contributed by atoms with Crippen LogP contribution in [0.25, 0.3) is 33.1 Å². The van der Waals surface area contributed by atoms with Gasteiger partial charge in [-0.1, -0.05) is 42.0 Å². The van der Waals surface area contributed by atoms with Gasteiger partial charge in [-0.25, -0.2) is 4.79 Å². The third-order valence-electron chi connectivity index (χ3n) is 4.28. The molecule has 3 aromatic carbocycles. The summed E-state index contributed by atoms with van der Waals surface area (Å²) in [7, 11) is 0. The largest absolute Gasteiger partial charge is 0.478 e. The average molecular weight is 330 g/mol. The lowest BCUT2D eigenvalue weighted by Crippen LogP contribution is -2.02. The van der Waals surface area contributed by atoms with Crippen LogP contribution in [-0.4, -0.2) is 11.1 Å². The summed E-state index contributed by atoms with van der Waals surface area (Å²) in [6.07, 6.45) is 0. The second kappa shape index (κ2) is 5.60. The highest BCUT2D eigenvalue weighted by molar-refractivity contribution is 6.09. The van der Waals surface area contributed by atoms with Gasteiger partial charge in [0.15, 0.2) is 5.43 Å². The smallest absolute Gasteiger partial charge is 0.336 e. The maximum atomic E-state index is 12.5. The molecule has 0 saturated heterocycles. The fourth-order valence-corrected chi connectivity index (χ4v) is 3.13. The molecule has 0 unspecified atom stereocenters. The van der Waals surface area contributed by atoms with Gasteiger partial charge in [0, 0.05) is 17.0 Å². The monoisotopic (exact) mass is 330 g/mol. The van der Waals surface area contributed by atoms with Crippen molar-refractivity contribution in [1.29, 1.82) is 0 Å². The third-order valence-corrected chi connectivity index (χ3v) is 4.28. The van der Waals surface area contributed by atoms with Crippen LogP contribution in [0.5, 0.6) is 0 Å². The fraction of sp³-hybridized carbons (Fsp3) is 0.0476.